The zero-order valence-electron chi connectivity index (χ0n) is 4.23. The fraction of sp³-hybridized carbons (Fsp3) is 0.750. The summed E-state index contributed by atoms with van der Waals surface area (Å²) in [4.78, 5) is 2.08. The predicted molar refractivity (Wildman–Crippen MR) is 32.9 cm³/mol. The summed E-state index contributed by atoms with van der Waals surface area (Å²) in [6.07, 6.45) is 0. The van der Waals surface area contributed by atoms with Crippen LogP contribution in [-0.2, 0) is 0 Å². The fourth-order valence-electron chi connectivity index (χ4n) is 0.183. The van der Waals surface area contributed by atoms with Crippen molar-refractivity contribution in [2.75, 3.05) is 20.6 Å². The summed E-state index contributed by atoms with van der Waals surface area (Å²) in [7, 11) is 7.27. The molecule has 0 unspecified atom stereocenters. The number of rotatable bonds is 2. The van der Waals surface area contributed by atoms with E-state index in [1.165, 1.54) is 0 Å². The van der Waals surface area contributed by atoms with Crippen molar-refractivity contribution in [1.82, 2.24) is 4.90 Å². The normalized spacial score (nSPS) is 9.17. The van der Waals surface area contributed by atoms with E-state index in [1.807, 2.05) is 19.9 Å². The molecule has 0 aromatic heterocycles. The Balaban J connectivity index is 2.81. The lowest BCUT2D eigenvalue weighted by atomic mass is 10.7. The number of hydrogen-bond donors (Lipinski definition) is 0. The zero-order chi connectivity index (χ0) is 4.99. The average molecular weight is 103 g/mol. The predicted octanol–water partition coefficient (Wildman–Crippen LogP) is 0.493. The first-order chi connectivity index (χ1) is 2.77. The third-order valence-electron chi connectivity index (χ3n) is 0.456. The molecule has 0 rings (SSSR count). The highest BCUT2D eigenvalue weighted by atomic mass is 31.0. The number of nitrogens with zero attached hydrogens (tertiary/aromatic N) is 1. The van der Waals surface area contributed by atoms with Gasteiger partial charge in [0.25, 0.3) is 0 Å². The summed E-state index contributed by atoms with van der Waals surface area (Å²) in [5, 5.41) is 0. The van der Waals surface area contributed by atoms with Gasteiger partial charge in [0, 0.05) is 6.54 Å². The van der Waals surface area contributed by atoms with Crippen molar-refractivity contribution >= 4 is 14.7 Å². The summed E-state index contributed by atoms with van der Waals surface area (Å²) < 4.78 is 0. The molecule has 36 valence electrons. The molecule has 0 fully saturated rings. The molecule has 0 radical (unpaired) electrons. The first-order valence-electron chi connectivity index (χ1n) is 1.91. The van der Waals surface area contributed by atoms with Gasteiger partial charge in [0.2, 0.25) is 0 Å². The number of hydrogen-bond acceptors (Lipinski definition) is 1. The van der Waals surface area contributed by atoms with Crippen LogP contribution in [0.5, 0.6) is 0 Å². The van der Waals surface area contributed by atoms with E-state index >= 15 is 0 Å². The molecular weight excluding hydrogens is 93.0 g/mol. The van der Waals surface area contributed by atoms with Crippen molar-refractivity contribution in [3.63, 3.8) is 0 Å². The van der Waals surface area contributed by atoms with Gasteiger partial charge >= 0.3 is 0 Å². The van der Waals surface area contributed by atoms with E-state index in [1.54, 1.807) is 0 Å². The monoisotopic (exact) mass is 103 g/mol. The Morgan fingerprint density at radius 3 is 2.17 bits per heavy atom. The molecule has 0 saturated carbocycles. The Morgan fingerprint density at radius 1 is 1.67 bits per heavy atom. The second kappa shape index (κ2) is 3.32. The molecule has 0 spiro atoms. The highest BCUT2D eigenvalue weighted by Gasteiger charge is 1.75. The van der Waals surface area contributed by atoms with Gasteiger partial charge in [-0.2, -0.15) is 0 Å². The summed E-state index contributed by atoms with van der Waals surface area (Å²) in [6, 6.07) is 0. The van der Waals surface area contributed by atoms with Crippen LogP contribution in [0.2, 0.25) is 0 Å². The molecule has 0 atom stereocenters. The molecule has 2 heteroatoms. The quantitative estimate of drug-likeness (QED) is 0.460. The minimum atomic E-state index is 0.997. The summed E-state index contributed by atoms with van der Waals surface area (Å²) in [5.41, 5.74) is 0. The standard InChI is InChI=1S/C4H10NP/c1-5(2)3-4-6/h4,6H,3H2,1-2H3. The summed E-state index contributed by atoms with van der Waals surface area (Å²) in [6.45, 7) is 0.997. The Hall–Kier alpha value is 0.130. The summed E-state index contributed by atoms with van der Waals surface area (Å²) in [5.74, 6) is 1.93. The Bertz CT molecular complexity index is 42.8. The van der Waals surface area contributed by atoms with Crippen LogP contribution in [0.15, 0.2) is 0 Å². The molecule has 6 heavy (non-hydrogen) atoms. The summed E-state index contributed by atoms with van der Waals surface area (Å²) >= 11 is 0. The van der Waals surface area contributed by atoms with Crippen LogP contribution in [0.3, 0.4) is 0 Å². The third-order valence-corrected chi connectivity index (χ3v) is 0.639. The van der Waals surface area contributed by atoms with Crippen LogP contribution in [0.25, 0.3) is 0 Å². The van der Waals surface area contributed by atoms with Gasteiger partial charge in [-0.15, -0.1) is 8.86 Å². The zero-order valence-corrected chi connectivity index (χ0v) is 5.23. The molecule has 0 heterocycles. The van der Waals surface area contributed by atoms with E-state index < -0.39 is 0 Å². The highest BCUT2D eigenvalue weighted by molar-refractivity contribution is 7.18. The molecule has 0 bridgehead atoms. The van der Waals surface area contributed by atoms with Gasteiger partial charge < -0.3 is 4.90 Å². The minimum absolute atomic E-state index is 0.997. The maximum absolute atomic E-state index is 3.23. The van der Waals surface area contributed by atoms with Gasteiger partial charge in [-0.25, -0.2) is 0 Å². The molecule has 1 nitrogen and oxygen atoms in total. The lowest BCUT2D eigenvalue weighted by Gasteiger charge is -2.01. The molecule has 0 aromatic rings. The Morgan fingerprint density at radius 2 is 2.17 bits per heavy atom. The molecule has 0 aromatic carbocycles. The second-order valence-electron chi connectivity index (χ2n) is 1.47. The molecule has 0 aliphatic carbocycles. The van der Waals surface area contributed by atoms with Crippen molar-refractivity contribution in [1.29, 1.82) is 0 Å². The SMILES string of the molecule is CN(C)CC=P. The maximum atomic E-state index is 3.23. The molecule has 0 aliphatic heterocycles. The van der Waals surface area contributed by atoms with E-state index in [9.17, 15) is 0 Å². The van der Waals surface area contributed by atoms with Crippen molar-refractivity contribution in [3.8, 4) is 0 Å². The second-order valence-corrected chi connectivity index (χ2v) is 1.87. The van der Waals surface area contributed by atoms with Gasteiger partial charge in [0.1, 0.15) is 0 Å². The van der Waals surface area contributed by atoms with Crippen LogP contribution in [0, 0.1) is 0 Å². The van der Waals surface area contributed by atoms with Gasteiger partial charge in [0.05, 0.1) is 0 Å². The van der Waals surface area contributed by atoms with Crippen LogP contribution in [-0.4, -0.2) is 31.3 Å². The fourth-order valence-corrected chi connectivity index (χ4v) is 0.548. The Kier molecular flexibility index (Phi) is 3.40. The molecule has 0 amide bonds. The third kappa shape index (κ3) is 4.13. The van der Waals surface area contributed by atoms with Gasteiger partial charge in [0.15, 0.2) is 0 Å². The lowest BCUT2D eigenvalue weighted by molar-refractivity contribution is 0.475. The van der Waals surface area contributed by atoms with E-state index in [0.29, 0.717) is 0 Å². The van der Waals surface area contributed by atoms with Gasteiger partial charge in [-0.05, 0) is 14.1 Å². The van der Waals surface area contributed by atoms with Crippen molar-refractivity contribution in [2.45, 2.75) is 0 Å². The first kappa shape index (κ1) is 6.13. The largest absolute Gasteiger partial charge is 0.305 e. The molecule has 0 aliphatic rings. The van der Waals surface area contributed by atoms with Crippen molar-refractivity contribution in [3.05, 3.63) is 0 Å². The Labute approximate surface area is 41.2 Å². The van der Waals surface area contributed by atoms with Crippen LogP contribution in [0.1, 0.15) is 0 Å². The van der Waals surface area contributed by atoms with E-state index in [4.69, 9.17) is 0 Å². The average Bonchev–Trinajstić information content (AvgIpc) is 1.35. The molecule has 0 N–H and O–H groups in total. The topological polar surface area (TPSA) is 3.24 Å². The van der Waals surface area contributed by atoms with Crippen LogP contribution < -0.4 is 0 Å². The highest BCUT2D eigenvalue weighted by Crippen LogP contribution is 1.66. The molecular formula is C4H10NP. The smallest absolute Gasteiger partial charge is 0.0197 e. The first-order valence-corrected chi connectivity index (χ1v) is 2.48. The van der Waals surface area contributed by atoms with Crippen molar-refractivity contribution in [2.24, 2.45) is 0 Å². The van der Waals surface area contributed by atoms with Crippen LogP contribution >= 0.6 is 8.86 Å². The maximum Gasteiger partial charge on any atom is 0.0197 e. The van der Waals surface area contributed by atoms with Crippen LogP contribution in [0.4, 0.5) is 0 Å². The van der Waals surface area contributed by atoms with E-state index in [2.05, 4.69) is 13.8 Å². The minimum Gasteiger partial charge on any atom is -0.305 e. The van der Waals surface area contributed by atoms with Crippen molar-refractivity contribution < 1.29 is 0 Å². The van der Waals surface area contributed by atoms with E-state index in [-0.39, 0.29) is 0 Å². The lowest BCUT2D eigenvalue weighted by Crippen LogP contribution is -2.12. The van der Waals surface area contributed by atoms with Gasteiger partial charge in [-0.1, -0.05) is 5.80 Å². The van der Waals surface area contributed by atoms with E-state index in [0.717, 1.165) is 6.54 Å². The molecule has 0 saturated heterocycles. The van der Waals surface area contributed by atoms with Gasteiger partial charge in [-0.3, -0.25) is 0 Å².